The van der Waals surface area contributed by atoms with E-state index in [-0.39, 0.29) is 11.8 Å². The van der Waals surface area contributed by atoms with E-state index in [1.165, 1.54) is 23.5 Å². The molecule has 0 fully saturated rings. The first-order valence-electron chi connectivity index (χ1n) is 7.11. The van der Waals surface area contributed by atoms with Crippen LogP contribution in [0.2, 0.25) is 0 Å². The highest BCUT2D eigenvalue weighted by Gasteiger charge is 2.08. The minimum absolute atomic E-state index is 0.294. The first-order chi connectivity index (χ1) is 11.7. The summed E-state index contributed by atoms with van der Waals surface area (Å²) < 4.78 is 18.1. The summed E-state index contributed by atoms with van der Waals surface area (Å²) in [7, 11) is 0. The van der Waals surface area contributed by atoms with E-state index < -0.39 is 0 Å². The highest BCUT2D eigenvalue weighted by atomic mass is 32.1. The van der Waals surface area contributed by atoms with Gasteiger partial charge >= 0.3 is 5.97 Å². The van der Waals surface area contributed by atoms with Gasteiger partial charge in [-0.05, 0) is 65.5 Å². The number of nitrogens with zero attached hydrogens (tertiary/aromatic N) is 1. The van der Waals surface area contributed by atoms with Crippen molar-refractivity contribution in [3.8, 4) is 5.75 Å². The minimum atomic E-state index is -0.371. The molecule has 0 amide bonds. The number of nitrogens with one attached hydrogen (secondary N) is 1. The molecule has 2 aromatic carbocycles. The van der Waals surface area contributed by atoms with E-state index in [1.807, 2.05) is 5.38 Å². The molecule has 1 heterocycles. The summed E-state index contributed by atoms with van der Waals surface area (Å²) in [6.45, 7) is 0. The number of hydrazone groups is 1. The molecule has 1 N–H and O–H groups in total. The molecule has 0 unspecified atom stereocenters. The Hall–Kier alpha value is -2.99. The molecular weight excluding hydrogens is 327 g/mol. The van der Waals surface area contributed by atoms with Crippen LogP contribution in [0.3, 0.4) is 0 Å². The number of hydrogen-bond acceptors (Lipinski definition) is 5. The standard InChI is InChI=1S/C18H13FN2O2S/c19-14-5-7-15(8-6-14)21-20-12-13-3-9-16(10-4-13)23-18(22)17-2-1-11-24-17/h1-12,21H/b20-12+. The van der Waals surface area contributed by atoms with Gasteiger partial charge in [0.25, 0.3) is 0 Å². The van der Waals surface area contributed by atoms with Gasteiger partial charge in [0, 0.05) is 0 Å². The maximum atomic E-state index is 12.8. The molecule has 3 aromatic rings. The Bertz CT molecular complexity index is 828. The van der Waals surface area contributed by atoms with Gasteiger partial charge in [0.15, 0.2) is 0 Å². The van der Waals surface area contributed by atoms with Crippen LogP contribution in [-0.2, 0) is 0 Å². The van der Waals surface area contributed by atoms with Gasteiger partial charge in [-0.3, -0.25) is 5.43 Å². The van der Waals surface area contributed by atoms with Crippen molar-refractivity contribution in [3.05, 3.63) is 82.3 Å². The zero-order valence-electron chi connectivity index (χ0n) is 12.5. The highest BCUT2D eigenvalue weighted by Crippen LogP contribution is 2.16. The van der Waals surface area contributed by atoms with Gasteiger partial charge in [0.2, 0.25) is 0 Å². The Balaban J connectivity index is 1.57. The number of anilines is 1. The molecule has 24 heavy (non-hydrogen) atoms. The monoisotopic (exact) mass is 340 g/mol. The Morgan fingerprint density at radius 2 is 1.83 bits per heavy atom. The number of esters is 1. The summed E-state index contributed by atoms with van der Waals surface area (Å²) in [6.07, 6.45) is 1.62. The molecular formula is C18H13FN2O2S. The van der Waals surface area contributed by atoms with Crippen LogP contribution in [-0.4, -0.2) is 12.2 Å². The number of ether oxygens (including phenoxy) is 1. The maximum absolute atomic E-state index is 12.8. The van der Waals surface area contributed by atoms with Crippen LogP contribution in [0.5, 0.6) is 5.75 Å². The van der Waals surface area contributed by atoms with Crippen molar-refractivity contribution in [2.75, 3.05) is 5.43 Å². The van der Waals surface area contributed by atoms with Crippen molar-refractivity contribution >= 4 is 29.2 Å². The van der Waals surface area contributed by atoms with E-state index in [1.54, 1.807) is 54.7 Å². The van der Waals surface area contributed by atoms with E-state index in [9.17, 15) is 9.18 Å². The van der Waals surface area contributed by atoms with Crippen molar-refractivity contribution < 1.29 is 13.9 Å². The van der Waals surface area contributed by atoms with Gasteiger partial charge < -0.3 is 4.74 Å². The number of carbonyl (C=O) groups is 1. The molecule has 120 valence electrons. The molecule has 0 saturated heterocycles. The fourth-order valence-corrected chi connectivity index (χ4v) is 2.48. The van der Waals surface area contributed by atoms with E-state index in [2.05, 4.69) is 10.5 Å². The van der Waals surface area contributed by atoms with Crippen LogP contribution in [0.4, 0.5) is 10.1 Å². The second-order valence-corrected chi connectivity index (χ2v) is 5.76. The number of hydrogen-bond donors (Lipinski definition) is 1. The van der Waals surface area contributed by atoms with Crippen LogP contribution < -0.4 is 10.2 Å². The predicted molar refractivity (Wildman–Crippen MR) is 93.3 cm³/mol. The average molecular weight is 340 g/mol. The topological polar surface area (TPSA) is 50.7 Å². The van der Waals surface area contributed by atoms with Crippen LogP contribution >= 0.6 is 11.3 Å². The maximum Gasteiger partial charge on any atom is 0.353 e. The quantitative estimate of drug-likeness (QED) is 0.321. The van der Waals surface area contributed by atoms with Crippen molar-refractivity contribution in [2.45, 2.75) is 0 Å². The first kappa shape index (κ1) is 15.9. The molecule has 0 saturated carbocycles. The van der Waals surface area contributed by atoms with E-state index >= 15 is 0 Å². The Labute approximate surface area is 142 Å². The fourth-order valence-electron chi connectivity index (χ4n) is 1.88. The lowest BCUT2D eigenvalue weighted by Gasteiger charge is -2.03. The molecule has 0 atom stereocenters. The van der Waals surface area contributed by atoms with E-state index in [0.29, 0.717) is 16.3 Å². The lowest BCUT2D eigenvalue weighted by molar-refractivity contribution is 0.0740. The predicted octanol–water partition coefficient (Wildman–Crippen LogP) is 4.55. The lowest BCUT2D eigenvalue weighted by Crippen LogP contribution is -2.06. The molecule has 0 bridgehead atoms. The summed E-state index contributed by atoms with van der Waals surface area (Å²) >= 11 is 1.34. The van der Waals surface area contributed by atoms with Gasteiger partial charge in [-0.15, -0.1) is 11.3 Å². The van der Waals surface area contributed by atoms with Crippen molar-refractivity contribution in [1.82, 2.24) is 0 Å². The second-order valence-electron chi connectivity index (χ2n) is 4.81. The molecule has 3 rings (SSSR count). The minimum Gasteiger partial charge on any atom is -0.422 e. The normalized spacial score (nSPS) is 10.7. The highest BCUT2D eigenvalue weighted by molar-refractivity contribution is 7.12. The SMILES string of the molecule is O=C(Oc1ccc(/C=N/Nc2ccc(F)cc2)cc1)c1cccs1. The first-order valence-corrected chi connectivity index (χ1v) is 7.99. The Morgan fingerprint density at radius 1 is 1.08 bits per heavy atom. The smallest absolute Gasteiger partial charge is 0.353 e. The summed E-state index contributed by atoms with van der Waals surface area (Å²) in [5.41, 5.74) is 4.33. The average Bonchev–Trinajstić information content (AvgIpc) is 3.13. The van der Waals surface area contributed by atoms with Crippen molar-refractivity contribution in [3.63, 3.8) is 0 Å². The van der Waals surface area contributed by atoms with Crippen LogP contribution in [0.1, 0.15) is 15.2 Å². The third-order valence-corrected chi connectivity index (χ3v) is 3.91. The number of thiophene rings is 1. The summed E-state index contributed by atoms with van der Waals surface area (Å²) in [5.74, 6) is -0.196. The molecule has 6 heteroatoms. The Kier molecular flexibility index (Phi) is 4.98. The third-order valence-electron chi connectivity index (χ3n) is 3.06. The molecule has 1 aromatic heterocycles. The zero-order valence-corrected chi connectivity index (χ0v) is 13.3. The van der Waals surface area contributed by atoms with E-state index in [0.717, 1.165) is 5.56 Å². The van der Waals surface area contributed by atoms with Gasteiger partial charge in [0.1, 0.15) is 16.4 Å². The summed E-state index contributed by atoms with van der Waals surface area (Å²) in [4.78, 5) is 12.4. The molecule has 0 spiro atoms. The van der Waals surface area contributed by atoms with Crippen molar-refractivity contribution in [2.24, 2.45) is 5.10 Å². The van der Waals surface area contributed by atoms with Crippen LogP contribution in [0.15, 0.2) is 71.1 Å². The summed E-state index contributed by atoms with van der Waals surface area (Å²) in [5, 5.41) is 5.89. The lowest BCUT2D eigenvalue weighted by atomic mass is 10.2. The zero-order chi connectivity index (χ0) is 16.8. The van der Waals surface area contributed by atoms with Gasteiger partial charge in [-0.1, -0.05) is 6.07 Å². The molecule has 0 aliphatic rings. The molecule has 0 aliphatic heterocycles. The fraction of sp³-hybridized carbons (Fsp3) is 0. The van der Waals surface area contributed by atoms with Crippen molar-refractivity contribution in [1.29, 1.82) is 0 Å². The van der Waals surface area contributed by atoms with Gasteiger partial charge in [0.05, 0.1) is 11.9 Å². The Morgan fingerprint density at radius 3 is 2.50 bits per heavy atom. The summed E-state index contributed by atoms with van der Waals surface area (Å²) in [6, 6.07) is 16.4. The number of halogens is 1. The molecule has 0 radical (unpaired) electrons. The largest absolute Gasteiger partial charge is 0.422 e. The number of benzene rings is 2. The third kappa shape index (κ3) is 4.27. The van der Waals surface area contributed by atoms with Crippen LogP contribution in [0, 0.1) is 5.82 Å². The second kappa shape index (κ2) is 7.52. The molecule has 0 aliphatic carbocycles. The number of carbonyl (C=O) groups excluding carboxylic acids is 1. The number of rotatable bonds is 5. The molecule has 4 nitrogen and oxygen atoms in total. The van der Waals surface area contributed by atoms with Gasteiger partial charge in [-0.25, -0.2) is 9.18 Å². The van der Waals surface area contributed by atoms with Gasteiger partial charge in [-0.2, -0.15) is 5.10 Å². The van der Waals surface area contributed by atoms with Crippen LogP contribution in [0.25, 0.3) is 0 Å². The van der Waals surface area contributed by atoms with E-state index in [4.69, 9.17) is 4.74 Å².